The maximum Gasteiger partial charge on any atom is 0.417 e. The zero-order valence-corrected chi connectivity index (χ0v) is 21.1. The zero-order chi connectivity index (χ0) is 30.8. The predicted molar refractivity (Wildman–Crippen MR) is 119 cm³/mol. The van der Waals surface area contributed by atoms with Crippen LogP contribution in [-0.2, 0) is 11.0 Å². The number of alkyl halides is 9. The Bertz CT molecular complexity index is 1280. The van der Waals surface area contributed by atoms with Gasteiger partial charge in [-0.05, 0) is 58.8 Å². The third kappa shape index (κ3) is 8.63. The quantitative estimate of drug-likeness (QED) is 0.244. The molecule has 2 amide bonds. The molecule has 17 heteroatoms. The van der Waals surface area contributed by atoms with E-state index in [1.54, 1.807) is 5.32 Å². The first-order valence-corrected chi connectivity index (χ1v) is 11.4. The highest BCUT2D eigenvalue weighted by molar-refractivity contribution is 9.10. The van der Waals surface area contributed by atoms with E-state index in [0.29, 0.717) is 18.2 Å². The summed E-state index contributed by atoms with van der Waals surface area (Å²) >= 11 is 2.50. The highest BCUT2D eigenvalue weighted by Crippen LogP contribution is 2.41. The Labute approximate surface area is 225 Å². The Morgan fingerprint density at radius 1 is 0.975 bits per heavy atom. The summed E-state index contributed by atoms with van der Waals surface area (Å²) in [4.78, 5) is 24.1. The Morgan fingerprint density at radius 2 is 1.57 bits per heavy atom. The topological polar surface area (TPSA) is 58.2 Å². The van der Waals surface area contributed by atoms with Gasteiger partial charge in [-0.2, -0.15) is 39.5 Å². The Balaban J connectivity index is 2.45. The van der Waals surface area contributed by atoms with Crippen LogP contribution in [0.2, 0.25) is 0 Å². The lowest BCUT2D eigenvalue weighted by molar-refractivity contribution is -0.140. The van der Waals surface area contributed by atoms with E-state index in [-0.39, 0.29) is 18.2 Å². The minimum Gasteiger partial charge on any atom is -0.345 e. The summed E-state index contributed by atoms with van der Waals surface area (Å²) < 4.78 is 160. The molecule has 0 saturated carbocycles. The van der Waals surface area contributed by atoms with Gasteiger partial charge in [0.05, 0.1) is 15.6 Å². The van der Waals surface area contributed by atoms with E-state index in [1.165, 1.54) is 5.32 Å². The lowest BCUT2D eigenvalue weighted by atomic mass is 9.95. The van der Waals surface area contributed by atoms with Crippen molar-refractivity contribution in [3.8, 4) is 0 Å². The van der Waals surface area contributed by atoms with Crippen molar-refractivity contribution in [1.29, 1.82) is 0 Å². The molecule has 1 unspecified atom stereocenters. The molecule has 40 heavy (non-hydrogen) atoms. The second-order valence-corrected chi connectivity index (χ2v) is 8.97. The monoisotopic (exact) mass is 658 g/mol. The van der Waals surface area contributed by atoms with Gasteiger partial charge in [0, 0.05) is 5.56 Å². The maximum atomic E-state index is 14.8. The lowest BCUT2D eigenvalue weighted by Crippen LogP contribution is -2.47. The first-order valence-electron chi connectivity index (χ1n) is 10.6. The third-order valence-corrected chi connectivity index (χ3v) is 5.66. The SMILES string of the molecule is C[C@@H](NC(=O)c1ccc(/C(F)=C/C(c2cc(F)c(F)c(Br)c2)C(F)(F)F)cc1C(F)(F)F)C(=O)NCC(F)(F)F. The number of halogens is 13. The molecule has 2 aromatic rings. The normalized spacial score (nSPS) is 14.5. The van der Waals surface area contributed by atoms with Crippen LogP contribution in [0.1, 0.15) is 39.9 Å². The van der Waals surface area contributed by atoms with Gasteiger partial charge in [0.15, 0.2) is 11.6 Å². The van der Waals surface area contributed by atoms with E-state index in [0.717, 1.165) is 6.92 Å². The standard InChI is InChI=1S/C23H15BrF12N2O2/c1-9(19(39)37-8-21(28,29)30)38-20(40)12-3-2-10(4-14(12)23(34,35)36)16(25)7-13(22(31,32)33)11-5-15(24)18(27)17(26)6-11/h2-7,9,13H,8H2,1H3,(H,37,39)(H,38,40)/b16-7-/t9-,13?/m1/s1. The van der Waals surface area contributed by atoms with Gasteiger partial charge in [0.2, 0.25) is 5.91 Å². The molecule has 2 N–H and O–H groups in total. The molecule has 0 fully saturated rings. The van der Waals surface area contributed by atoms with Crippen LogP contribution in [-0.4, -0.2) is 36.8 Å². The number of amides is 2. The fourth-order valence-corrected chi connectivity index (χ4v) is 3.64. The van der Waals surface area contributed by atoms with Crippen molar-refractivity contribution in [2.24, 2.45) is 0 Å². The summed E-state index contributed by atoms with van der Waals surface area (Å²) in [5.41, 5.74) is -5.15. The fourth-order valence-electron chi connectivity index (χ4n) is 3.18. The molecule has 0 heterocycles. The summed E-state index contributed by atoms with van der Waals surface area (Å²) in [6, 6.07) is -0.264. The van der Waals surface area contributed by atoms with Crippen molar-refractivity contribution in [3.63, 3.8) is 0 Å². The average molecular weight is 659 g/mol. The largest absolute Gasteiger partial charge is 0.417 e. The molecule has 0 aliphatic carbocycles. The number of rotatable bonds is 7. The van der Waals surface area contributed by atoms with Crippen LogP contribution in [0.15, 0.2) is 40.9 Å². The van der Waals surface area contributed by atoms with Crippen LogP contribution in [0.4, 0.5) is 52.7 Å². The summed E-state index contributed by atoms with van der Waals surface area (Å²) in [6.07, 6.45) is -15.7. The minimum atomic E-state index is -5.39. The number of benzene rings is 2. The van der Waals surface area contributed by atoms with Crippen LogP contribution in [0.5, 0.6) is 0 Å². The molecule has 0 aliphatic heterocycles. The second kappa shape index (κ2) is 12.1. The molecule has 220 valence electrons. The van der Waals surface area contributed by atoms with Gasteiger partial charge >= 0.3 is 18.5 Å². The summed E-state index contributed by atoms with van der Waals surface area (Å²) in [5.74, 6) is -11.1. The molecule has 2 atom stereocenters. The van der Waals surface area contributed by atoms with E-state index < -0.39 is 93.0 Å². The first-order chi connectivity index (χ1) is 18.1. The average Bonchev–Trinajstić information content (AvgIpc) is 2.81. The molecule has 0 aromatic heterocycles. The highest BCUT2D eigenvalue weighted by Gasteiger charge is 2.41. The van der Waals surface area contributed by atoms with Gasteiger partial charge < -0.3 is 10.6 Å². The number of carbonyl (C=O) groups is 2. The van der Waals surface area contributed by atoms with Crippen molar-refractivity contribution >= 4 is 33.6 Å². The molecule has 0 saturated heterocycles. The van der Waals surface area contributed by atoms with Gasteiger partial charge in [-0.1, -0.05) is 6.07 Å². The van der Waals surface area contributed by atoms with Crippen molar-refractivity contribution in [3.05, 3.63) is 74.8 Å². The third-order valence-electron chi connectivity index (χ3n) is 5.08. The van der Waals surface area contributed by atoms with E-state index in [2.05, 4.69) is 15.9 Å². The molecule has 0 spiro atoms. The van der Waals surface area contributed by atoms with Gasteiger partial charge in [-0.15, -0.1) is 0 Å². The van der Waals surface area contributed by atoms with Crippen molar-refractivity contribution in [1.82, 2.24) is 10.6 Å². The fraction of sp³-hybridized carbons (Fsp3) is 0.304. The summed E-state index contributed by atoms with van der Waals surface area (Å²) in [6.45, 7) is -0.928. The molecule has 2 aromatic carbocycles. The van der Waals surface area contributed by atoms with Crippen LogP contribution in [0, 0.1) is 11.6 Å². The van der Waals surface area contributed by atoms with E-state index in [1.807, 2.05) is 0 Å². The van der Waals surface area contributed by atoms with Crippen molar-refractivity contribution in [2.45, 2.75) is 37.4 Å². The molecular weight excluding hydrogens is 644 g/mol. The zero-order valence-electron chi connectivity index (χ0n) is 19.6. The van der Waals surface area contributed by atoms with E-state index in [9.17, 15) is 62.3 Å². The van der Waals surface area contributed by atoms with Gasteiger partial charge in [-0.3, -0.25) is 9.59 Å². The van der Waals surface area contributed by atoms with Crippen LogP contribution in [0.3, 0.4) is 0 Å². The molecule has 0 radical (unpaired) electrons. The Kier molecular flexibility index (Phi) is 9.97. The van der Waals surface area contributed by atoms with Crippen LogP contribution in [0.25, 0.3) is 5.83 Å². The van der Waals surface area contributed by atoms with Crippen molar-refractivity contribution in [2.75, 3.05) is 6.54 Å². The molecule has 4 nitrogen and oxygen atoms in total. The van der Waals surface area contributed by atoms with Gasteiger partial charge in [0.1, 0.15) is 24.3 Å². The molecule has 0 aliphatic rings. The Morgan fingerprint density at radius 3 is 2.08 bits per heavy atom. The first kappa shape index (κ1) is 33.0. The lowest BCUT2D eigenvalue weighted by Gasteiger charge is -2.19. The number of nitrogens with one attached hydrogen (secondary N) is 2. The van der Waals surface area contributed by atoms with E-state index >= 15 is 0 Å². The second-order valence-electron chi connectivity index (χ2n) is 8.12. The molecular formula is C23H15BrF12N2O2. The number of hydrogen-bond acceptors (Lipinski definition) is 2. The van der Waals surface area contributed by atoms with E-state index in [4.69, 9.17) is 0 Å². The molecule has 0 bridgehead atoms. The van der Waals surface area contributed by atoms with Crippen LogP contribution < -0.4 is 10.6 Å². The number of hydrogen-bond donors (Lipinski definition) is 2. The highest BCUT2D eigenvalue weighted by atomic mass is 79.9. The number of carbonyl (C=O) groups excluding carboxylic acids is 2. The molecule has 2 rings (SSSR count). The number of allylic oxidation sites excluding steroid dienone is 1. The maximum absolute atomic E-state index is 14.8. The smallest absolute Gasteiger partial charge is 0.345 e. The van der Waals surface area contributed by atoms with Crippen LogP contribution >= 0.6 is 15.9 Å². The Hall–Kier alpha value is -3.24. The predicted octanol–water partition coefficient (Wildman–Crippen LogP) is 7.20. The summed E-state index contributed by atoms with van der Waals surface area (Å²) in [5, 5.41) is 3.14. The van der Waals surface area contributed by atoms with Gasteiger partial charge in [0.25, 0.3) is 5.91 Å². The minimum absolute atomic E-state index is 0.0102. The van der Waals surface area contributed by atoms with Gasteiger partial charge in [-0.25, -0.2) is 13.2 Å². The van der Waals surface area contributed by atoms with Crippen molar-refractivity contribution < 1.29 is 62.3 Å². The summed E-state index contributed by atoms with van der Waals surface area (Å²) in [7, 11) is 0.